The van der Waals surface area contributed by atoms with Gasteiger partial charge in [-0.25, -0.2) is 4.79 Å². The van der Waals surface area contributed by atoms with E-state index in [1.807, 2.05) is 13.8 Å². The Morgan fingerprint density at radius 2 is 1.68 bits per heavy atom. The van der Waals surface area contributed by atoms with E-state index >= 15 is 0 Å². The summed E-state index contributed by atoms with van der Waals surface area (Å²) >= 11 is 0. The molecule has 0 spiro atoms. The fourth-order valence-corrected chi connectivity index (χ4v) is 9.80. The number of likely N-dealkylation sites (N-methyl/N-ethyl adjacent to an activating group) is 1. The summed E-state index contributed by atoms with van der Waals surface area (Å²) in [5.74, 6) is -1.05. The SMILES string of the molecule is CNC(C)C(O)C(=O)OC1C(C)=C2C(C)C(C)[C@@]3(C)C(C(C)C(O)([C@H]1C)C2(C)C)[C@]1(O)COC1C[C@@H]3C. The average Bonchev–Trinajstić information content (AvgIpc) is 2.84. The molecule has 0 aromatic carbocycles. The van der Waals surface area contributed by atoms with Crippen molar-refractivity contribution < 1.29 is 29.6 Å². The zero-order valence-electron chi connectivity index (χ0n) is 24.8. The highest BCUT2D eigenvalue weighted by Crippen LogP contribution is 2.69. The van der Waals surface area contributed by atoms with E-state index in [2.05, 4.69) is 53.8 Å². The second-order valence-electron chi connectivity index (χ2n) is 13.9. The molecule has 9 unspecified atom stereocenters. The van der Waals surface area contributed by atoms with Gasteiger partial charge in [0.2, 0.25) is 0 Å². The van der Waals surface area contributed by atoms with Crippen molar-refractivity contribution in [1.29, 1.82) is 0 Å². The highest BCUT2D eigenvalue weighted by Gasteiger charge is 2.73. The molecule has 1 heterocycles. The molecule has 1 aliphatic heterocycles. The number of esters is 1. The zero-order valence-corrected chi connectivity index (χ0v) is 24.8. The summed E-state index contributed by atoms with van der Waals surface area (Å²) in [6.45, 7) is 21.4. The number of hydrogen-bond acceptors (Lipinski definition) is 7. The number of aliphatic hydroxyl groups is 3. The Balaban J connectivity index is 1.91. The lowest BCUT2D eigenvalue weighted by molar-refractivity contribution is -0.346. The molecule has 0 amide bonds. The Labute approximate surface area is 223 Å². The van der Waals surface area contributed by atoms with Gasteiger partial charge in [-0.3, -0.25) is 0 Å². The fourth-order valence-electron chi connectivity index (χ4n) is 9.80. The van der Waals surface area contributed by atoms with Crippen molar-refractivity contribution >= 4 is 5.97 Å². The molecular weight excluding hydrogens is 470 g/mol. The first-order chi connectivity index (χ1) is 16.9. The van der Waals surface area contributed by atoms with Crippen LogP contribution in [0.3, 0.4) is 0 Å². The van der Waals surface area contributed by atoms with Crippen molar-refractivity contribution in [3.63, 3.8) is 0 Å². The summed E-state index contributed by atoms with van der Waals surface area (Å²) in [4.78, 5) is 13.1. The Bertz CT molecular complexity index is 964. The smallest absolute Gasteiger partial charge is 0.337 e. The number of ether oxygens (including phenoxy) is 2. The molecule has 4 rings (SSSR count). The van der Waals surface area contributed by atoms with Crippen LogP contribution in [0.4, 0.5) is 0 Å². The summed E-state index contributed by atoms with van der Waals surface area (Å²) in [5, 5.41) is 38.6. The highest BCUT2D eigenvalue weighted by molar-refractivity contribution is 5.75. The molecule has 13 atom stereocenters. The molecular formula is C30H51NO6. The molecule has 4 N–H and O–H groups in total. The van der Waals surface area contributed by atoms with Crippen LogP contribution in [-0.4, -0.2) is 70.5 Å². The van der Waals surface area contributed by atoms with Gasteiger partial charge in [-0.15, -0.1) is 0 Å². The molecule has 4 aliphatic rings. The van der Waals surface area contributed by atoms with Crippen molar-refractivity contribution in [2.75, 3.05) is 13.7 Å². The van der Waals surface area contributed by atoms with Gasteiger partial charge in [0.1, 0.15) is 11.7 Å². The number of hydrogen-bond donors (Lipinski definition) is 4. The van der Waals surface area contributed by atoms with Gasteiger partial charge in [0.05, 0.1) is 18.3 Å². The number of carbonyl (C=O) groups is 1. The van der Waals surface area contributed by atoms with Crippen molar-refractivity contribution in [2.24, 2.45) is 46.3 Å². The maximum atomic E-state index is 13.1. The Morgan fingerprint density at radius 3 is 2.19 bits per heavy atom. The van der Waals surface area contributed by atoms with Crippen LogP contribution in [0.1, 0.15) is 75.7 Å². The van der Waals surface area contributed by atoms with Gasteiger partial charge in [-0.05, 0) is 62.0 Å². The van der Waals surface area contributed by atoms with Gasteiger partial charge in [-0.1, -0.05) is 61.0 Å². The van der Waals surface area contributed by atoms with Crippen LogP contribution in [0.2, 0.25) is 0 Å². The number of nitrogens with one attached hydrogen (secondary N) is 1. The molecule has 212 valence electrons. The van der Waals surface area contributed by atoms with Gasteiger partial charge in [0.25, 0.3) is 0 Å². The summed E-state index contributed by atoms with van der Waals surface area (Å²) in [5.41, 5.74) is -1.03. The third-order valence-electron chi connectivity index (χ3n) is 12.4. The van der Waals surface area contributed by atoms with Crippen LogP contribution in [-0.2, 0) is 14.3 Å². The van der Waals surface area contributed by atoms with Gasteiger partial charge in [-0.2, -0.15) is 0 Å². The molecule has 37 heavy (non-hydrogen) atoms. The number of fused-ring (bicyclic) bond motifs is 5. The van der Waals surface area contributed by atoms with Gasteiger partial charge in [0.15, 0.2) is 6.10 Å². The standard InChI is InChI=1S/C30H51NO6/c1-14-12-21-29(34,13-36-21)25-19(6)30(35)18(5)24(37-26(33)23(32)20(7)31-11)16(3)22(27(30,8)9)15(2)17(4)28(14,25)10/h14-15,17-21,23-25,31-32,34-35H,12-13H2,1-11H3/t14-,15?,17?,18-,19?,20?,21?,23?,24?,25?,28-,29-,30?/m0/s1. The van der Waals surface area contributed by atoms with Crippen molar-refractivity contribution in [2.45, 2.75) is 111 Å². The Hall–Kier alpha value is -0.990. The third kappa shape index (κ3) is 3.53. The minimum atomic E-state index is -1.31. The van der Waals surface area contributed by atoms with Crippen LogP contribution in [0.25, 0.3) is 0 Å². The quantitative estimate of drug-likeness (QED) is 0.332. The predicted molar refractivity (Wildman–Crippen MR) is 143 cm³/mol. The topological polar surface area (TPSA) is 108 Å². The first-order valence-corrected chi connectivity index (χ1v) is 14.3. The van der Waals surface area contributed by atoms with Crippen LogP contribution < -0.4 is 5.32 Å². The predicted octanol–water partition coefficient (Wildman–Crippen LogP) is 3.30. The van der Waals surface area contributed by atoms with E-state index in [4.69, 9.17) is 9.47 Å². The minimum Gasteiger partial charge on any atom is -0.455 e. The van der Waals surface area contributed by atoms with Crippen molar-refractivity contribution in [1.82, 2.24) is 5.32 Å². The molecule has 1 saturated heterocycles. The summed E-state index contributed by atoms with van der Waals surface area (Å²) in [7, 11) is 1.69. The molecule has 0 radical (unpaired) electrons. The molecule has 2 saturated carbocycles. The second kappa shape index (κ2) is 9.02. The van der Waals surface area contributed by atoms with E-state index in [1.165, 1.54) is 0 Å². The fraction of sp³-hybridized carbons (Fsp3) is 0.900. The molecule has 0 aromatic rings. The molecule has 3 fully saturated rings. The van der Waals surface area contributed by atoms with Crippen molar-refractivity contribution in [3.05, 3.63) is 11.1 Å². The first kappa shape index (κ1) is 29.0. The molecule has 3 aliphatic carbocycles. The number of carbonyl (C=O) groups excluding carboxylic acids is 1. The van der Waals surface area contributed by atoms with E-state index in [-0.39, 0.29) is 41.8 Å². The van der Waals surface area contributed by atoms with E-state index in [9.17, 15) is 20.1 Å². The Morgan fingerprint density at radius 1 is 1.08 bits per heavy atom. The lowest BCUT2D eigenvalue weighted by atomic mass is 9.38. The third-order valence-corrected chi connectivity index (χ3v) is 12.4. The summed E-state index contributed by atoms with van der Waals surface area (Å²) in [6, 6.07) is -0.462. The number of rotatable bonds is 4. The van der Waals surface area contributed by atoms with Gasteiger partial charge >= 0.3 is 5.97 Å². The van der Waals surface area contributed by atoms with Crippen LogP contribution in [0, 0.1) is 46.3 Å². The maximum absolute atomic E-state index is 13.1. The first-order valence-electron chi connectivity index (χ1n) is 14.3. The van der Waals surface area contributed by atoms with E-state index in [1.54, 1.807) is 14.0 Å². The van der Waals surface area contributed by atoms with E-state index in [0.717, 1.165) is 17.6 Å². The second-order valence-corrected chi connectivity index (χ2v) is 13.9. The monoisotopic (exact) mass is 521 g/mol. The summed E-state index contributed by atoms with van der Waals surface area (Å²) < 4.78 is 12.0. The maximum Gasteiger partial charge on any atom is 0.337 e. The molecule has 0 aromatic heterocycles. The number of aliphatic hydroxyl groups excluding tert-OH is 1. The zero-order chi connectivity index (χ0) is 28.0. The minimum absolute atomic E-state index is 0.0833. The van der Waals surface area contributed by atoms with E-state index < -0.39 is 46.8 Å². The van der Waals surface area contributed by atoms with E-state index in [0.29, 0.717) is 5.92 Å². The normalized spacial score (nSPS) is 50.5. The summed E-state index contributed by atoms with van der Waals surface area (Å²) in [6.07, 6.45) is -1.40. The van der Waals surface area contributed by atoms with Crippen molar-refractivity contribution in [3.8, 4) is 0 Å². The van der Waals surface area contributed by atoms with Gasteiger partial charge < -0.3 is 30.1 Å². The lowest BCUT2D eigenvalue weighted by Gasteiger charge is -2.71. The van der Waals surface area contributed by atoms with Crippen LogP contribution in [0.5, 0.6) is 0 Å². The molecule has 7 nitrogen and oxygen atoms in total. The van der Waals surface area contributed by atoms with Crippen LogP contribution >= 0.6 is 0 Å². The highest BCUT2D eigenvalue weighted by atomic mass is 16.6. The lowest BCUT2D eigenvalue weighted by Crippen LogP contribution is -2.77. The largest absolute Gasteiger partial charge is 0.455 e. The Kier molecular flexibility index (Phi) is 7.07. The molecule has 2 bridgehead atoms. The van der Waals surface area contributed by atoms with Crippen LogP contribution in [0.15, 0.2) is 11.1 Å². The van der Waals surface area contributed by atoms with Gasteiger partial charge in [0, 0.05) is 23.3 Å². The average molecular weight is 522 g/mol. The molecule has 7 heteroatoms.